The molecule has 20 heavy (non-hydrogen) atoms. The zero-order valence-corrected chi connectivity index (χ0v) is 12.9. The Hall–Kier alpha value is -1.06. The lowest BCUT2D eigenvalue weighted by Crippen LogP contribution is -2.33. The van der Waals surface area contributed by atoms with Crippen LogP contribution < -0.4 is 10.1 Å². The summed E-state index contributed by atoms with van der Waals surface area (Å²) >= 11 is 0. The van der Waals surface area contributed by atoms with Crippen molar-refractivity contribution in [2.45, 2.75) is 51.7 Å². The molecule has 0 fully saturated rings. The Morgan fingerprint density at radius 3 is 2.90 bits per heavy atom. The van der Waals surface area contributed by atoms with Gasteiger partial charge in [-0.15, -0.1) is 0 Å². The lowest BCUT2D eigenvalue weighted by atomic mass is 9.87. The summed E-state index contributed by atoms with van der Waals surface area (Å²) in [6, 6.07) is 6.69. The number of aliphatic hydroxyl groups is 1. The molecule has 0 amide bonds. The first-order valence-corrected chi connectivity index (χ1v) is 7.68. The van der Waals surface area contributed by atoms with Gasteiger partial charge in [0.05, 0.1) is 13.2 Å². The van der Waals surface area contributed by atoms with Gasteiger partial charge in [0.15, 0.2) is 0 Å². The minimum atomic E-state index is -0.258. The minimum absolute atomic E-state index is 0.258. The van der Waals surface area contributed by atoms with Crippen LogP contribution in [0.4, 0.5) is 0 Å². The molecule has 0 bridgehead atoms. The number of fused-ring (bicyclic) bond motifs is 1. The Morgan fingerprint density at radius 1 is 1.40 bits per heavy atom. The number of hydrogen-bond donors (Lipinski definition) is 2. The van der Waals surface area contributed by atoms with Crippen molar-refractivity contribution >= 4 is 0 Å². The molecule has 2 atom stereocenters. The highest BCUT2D eigenvalue weighted by Crippen LogP contribution is 2.32. The molecule has 0 aliphatic heterocycles. The third kappa shape index (κ3) is 3.97. The molecule has 0 saturated heterocycles. The maximum atomic E-state index is 10.0. The van der Waals surface area contributed by atoms with E-state index in [-0.39, 0.29) is 6.10 Å². The number of hydrogen-bond acceptors (Lipinski definition) is 3. The van der Waals surface area contributed by atoms with Gasteiger partial charge >= 0.3 is 0 Å². The lowest BCUT2D eigenvalue weighted by molar-refractivity contribution is 0.141. The highest BCUT2D eigenvalue weighted by molar-refractivity contribution is 5.39. The van der Waals surface area contributed by atoms with Crippen molar-refractivity contribution in [1.29, 1.82) is 0 Å². The van der Waals surface area contributed by atoms with E-state index >= 15 is 0 Å². The summed E-state index contributed by atoms with van der Waals surface area (Å²) in [5, 5.41) is 13.5. The van der Waals surface area contributed by atoms with Crippen LogP contribution in [0.15, 0.2) is 18.2 Å². The smallest absolute Gasteiger partial charge is 0.119 e. The summed E-state index contributed by atoms with van der Waals surface area (Å²) in [4.78, 5) is 0. The fraction of sp³-hybridized carbons (Fsp3) is 0.647. The van der Waals surface area contributed by atoms with E-state index in [4.69, 9.17) is 4.74 Å². The number of rotatable bonds is 6. The van der Waals surface area contributed by atoms with Crippen LogP contribution in [0.25, 0.3) is 0 Å². The lowest BCUT2D eigenvalue weighted by Gasteiger charge is -2.28. The number of aryl methyl sites for hydroxylation is 1. The van der Waals surface area contributed by atoms with E-state index in [1.54, 1.807) is 7.11 Å². The average molecular weight is 277 g/mol. The summed E-state index contributed by atoms with van der Waals surface area (Å²) in [6.07, 6.45) is 4.08. The summed E-state index contributed by atoms with van der Waals surface area (Å²) in [6.45, 7) is 4.95. The molecule has 2 rings (SSSR count). The van der Waals surface area contributed by atoms with E-state index in [9.17, 15) is 5.11 Å². The predicted octanol–water partition coefficient (Wildman–Crippen LogP) is 3.07. The maximum Gasteiger partial charge on any atom is 0.119 e. The molecule has 1 aliphatic rings. The van der Waals surface area contributed by atoms with Crippen LogP contribution >= 0.6 is 0 Å². The van der Waals surface area contributed by atoms with Gasteiger partial charge in [-0.2, -0.15) is 0 Å². The van der Waals surface area contributed by atoms with Gasteiger partial charge in [-0.1, -0.05) is 19.9 Å². The van der Waals surface area contributed by atoms with Crippen molar-refractivity contribution in [3.05, 3.63) is 29.3 Å². The molecule has 0 aromatic heterocycles. The first kappa shape index (κ1) is 15.3. The van der Waals surface area contributed by atoms with E-state index in [1.165, 1.54) is 17.5 Å². The molecule has 1 aliphatic carbocycles. The second-order valence-electron chi connectivity index (χ2n) is 6.20. The van der Waals surface area contributed by atoms with Crippen LogP contribution in [0.3, 0.4) is 0 Å². The van der Waals surface area contributed by atoms with Crippen LogP contribution in [0.5, 0.6) is 5.75 Å². The van der Waals surface area contributed by atoms with E-state index in [2.05, 4.69) is 31.3 Å². The van der Waals surface area contributed by atoms with Crippen molar-refractivity contribution < 1.29 is 9.84 Å². The average Bonchev–Trinajstić information content (AvgIpc) is 2.43. The number of nitrogens with one attached hydrogen (secondary N) is 1. The fourth-order valence-electron chi connectivity index (χ4n) is 3.02. The van der Waals surface area contributed by atoms with Gasteiger partial charge in [-0.3, -0.25) is 0 Å². The Balaban J connectivity index is 2.00. The molecule has 2 unspecified atom stereocenters. The van der Waals surface area contributed by atoms with Crippen LogP contribution in [0.2, 0.25) is 0 Å². The van der Waals surface area contributed by atoms with Gasteiger partial charge in [-0.25, -0.2) is 0 Å². The molecule has 0 spiro atoms. The van der Waals surface area contributed by atoms with Crippen molar-refractivity contribution in [3.8, 4) is 5.75 Å². The topological polar surface area (TPSA) is 41.5 Å². The summed E-state index contributed by atoms with van der Waals surface area (Å²) < 4.78 is 5.33. The Kier molecular flexibility index (Phi) is 5.44. The predicted molar refractivity (Wildman–Crippen MR) is 82.1 cm³/mol. The maximum absolute atomic E-state index is 10.0. The highest BCUT2D eigenvalue weighted by atomic mass is 16.5. The Bertz CT molecular complexity index is 431. The molecule has 3 heteroatoms. The second kappa shape index (κ2) is 7.09. The fourth-order valence-corrected chi connectivity index (χ4v) is 3.02. The van der Waals surface area contributed by atoms with Crippen LogP contribution in [0, 0.1) is 5.92 Å². The van der Waals surface area contributed by atoms with Crippen molar-refractivity contribution in [3.63, 3.8) is 0 Å². The first-order valence-electron chi connectivity index (χ1n) is 7.68. The van der Waals surface area contributed by atoms with Gasteiger partial charge in [0, 0.05) is 12.6 Å². The SMILES string of the molecule is COc1ccc2c(c1)C(NCC(O)CC(C)C)CCC2. The molecular formula is C17H27NO2. The molecule has 112 valence electrons. The van der Waals surface area contributed by atoms with Crippen LogP contribution in [-0.2, 0) is 6.42 Å². The van der Waals surface area contributed by atoms with Gasteiger partial charge in [0.25, 0.3) is 0 Å². The molecule has 1 aromatic carbocycles. The van der Waals surface area contributed by atoms with Gasteiger partial charge in [0.1, 0.15) is 5.75 Å². The molecular weight excluding hydrogens is 250 g/mol. The summed E-state index contributed by atoms with van der Waals surface area (Å²) in [5.74, 6) is 1.45. The third-order valence-electron chi connectivity index (χ3n) is 4.01. The summed E-state index contributed by atoms with van der Waals surface area (Å²) in [5.41, 5.74) is 2.75. The number of methoxy groups -OCH3 is 1. The zero-order valence-electron chi connectivity index (χ0n) is 12.9. The van der Waals surface area contributed by atoms with Crippen molar-refractivity contribution in [2.24, 2.45) is 5.92 Å². The van der Waals surface area contributed by atoms with Crippen molar-refractivity contribution in [1.82, 2.24) is 5.32 Å². The molecule has 3 nitrogen and oxygen atoms in total. The number of aliphatic hydroxyl groups excluding tert-OH is 1. The van der Waals surface area contributed by atoms with E-state index in [0.29, 0.717) is 18.5 Å². The molecule has 1 aromatic rings. The molecule has 0 heterocycles. The number of benzene rings is 1. The number of ether oxygens (including phenoxy) is 1. The highest BCUT2D eigenvalue weighted by Gasteiger charge is 2.21. The standard InChI is InChI=1S/C17H27NO2/c1-12(2)9-14(19)11-18-17-6-4-5-13-7-8-15(20-3)10-16(13)17/h7-8,10,12,14,17-19H,4-6,9,11H2,1-3H3. The van der Waals surface area contributed by atoms with Gasteiger partial charge < -0.3 is 15.2 Å². The molecule has 0 radical (unpaired) electrons. The van der Waals surface area contributed by atoms with Crippen LogP contribution in [-0.4, -0.2) is 24.9 Å². The quantitative estimate of drug-likeness (QED) is 0.839. The van der Waals surface area contributed by atoms with Gasteiger partial charge in [-0.05, 0) is 54.9 Å². The monoisotopic (exact) mass is 277 g/mol. The Morgan fingerprint density at radius 2 is 2.20 bits per heavy atom. The normalized spacial score (nSPS) is 19.8. The van der Waals surface area contributed by atoms with Crippen LogP contribution in [0.1, 0.15) is 50.3 Å². The van der Waals surface area contributed by atoms with E-state index in [1.807, 2.05) is 6.07 Å². The third-order valence-corrected chi connectivity index (χ3v) is 4.01. The van der Waals surface area contributed by atoms with Crippen molar-refractivity contribution in [2.75, 3.05) is 13.7 Å². The van der Waals surface area contributed by atoms with E-state index < -0.39 is 0 Å². The second-order valence-corrected chi connectivity index (χ2v) is 6.20. The zero-order chi connectivity index (χ0) is 14.5. The molecule has 2 N–H and O–H groups in total. The largest absolute Gasteiger partial charge is 0.497 e. The van der Waals surface area contributed by atoms with Gasteiger partial charge in [0.2, 0.25) is 0 Å². The van der Waals surface area contributed by atoms with E-state index in [0.717, 1.165) is 25.0 Å². The first-order chi connectivity index (χ1) is 9.60. The minimum Gasteiger partial charge on any atom is -0.497 e. The summed E-state index contributed by atoms with van der Waals surface area (Å²) in [7, 11) is 1.71. The Labute approximate surface area is 122 Å². The molecule has 0 saturated carbocycles.